The molecule has 0 N–H and O–H groups in total. The minimum Gasteiger partial charge on any atom is -0.500 e. The minimum atomic E-state index is 0. The molecule has 0 saturated carbocycles. The van der Waals surface area contributed by atoms with Crippen molar-refractivity contribution in [1.82, 2.24) is 0 Å². The van der Waals surface area contributed by atoms with Gasteiger partial charge in [-0.2, -0.15) is 6.42 Å². The zero-order valence-electron chi connectivity index (χ0n) is 5.41. The molecule has 0 aromatic rings. The van der Waals surface area contributed by atoms with Gasteiger partial charge < -0.3 is 6.08 Å². The predicted octanol–water partition coefficient (Wildman–Crippen LogP) is 2.47. The summed E-state index contributed by atoms with van der Waals surface area (Å²) in [6.45, 7) is 0. The molecule has 1 radical (unpaired) electrons. The van der Waals surface area contributed by atoms with Crippen molar-refractivity contribution in [2.75, 3.05) is 0 Å². The monoisotopic (exact) mass is 299 g/mol. The van der Waals surface area contributed by atoms with E-state index in [1.807, 2.05) is 0 Å². The summed E-state index contributed by atoms with van der Waals surface area (Å²) < 4.78 is 0. The van der Waals surface area contributed by atoms with Gasteiger partial charge >= 0.3 is 19.8 Å². The molecule has 0 heterocycles. The largest absolute Gasteiger partial charge is 1.00 e. The number of hydrogen-bond acceptors (Lipinski definition) is 0. The van der Waals surface area contributed by atoms with Crippen molar-refractivity contribution in [3.63, 3.8) is 0 Å². The predicted molar refractivity (Wildman–Crippen MR) is 35.4 cm³/mol. The topological polar surface area (TPSA) is 0 Å². The molecule has 0 saturated heterocycles. The Balaban J connectivity index is 0.000000640. The number of allylic oxidation sites excluding steroid dienone is 4. The van der Waals surface area contributed by atoms with Crippen molar-refractivity contribution in [1.29, 1.82) is 0 Å². The van der Waals surface area contributed by atoms with Gasteiger partial charge in [0.2, 0.25) is 0 Å². The molecule has 0 bridgehead atoms. The number of rotatable bonds is 0. The Morgan fingerprint density at radius 3 is 2.67 bits per heavy atom. The van der Waals surface area contributed by atoms with Crippen LogP contribution >= 0.6 is 0 Å². The maximum Gasteiger partial charge on any atom is 1.00 e. The fourth-order valence-corrected chi connectivity index (χ4v) is 0.786. The van der Waals surface area contributed by atoms with Crippen LogP contribution in [0.1, 0.15) is 25.7 Å². The van der Waals surface area contributed by atoms with Crippen molar-refractivity contribution in [3.8, 4) is 0 Å². The van der Waals surface area contributed by atoms with Crippen LogP contribution in [0.4, 0.5) is 0 Å². The summed E-state index contributed by atoms with van der Waals surface area (Å²) in [5.41, 5.74) is 0. The Morgan fingerprint density at radius 1 is 1.00 bits per heavy atom. The van der Waals surface area contributed by atoms with Gasteiger partial charge in [0.05, 0.1) is 0 Å². The first-order chi connectivity index (χ1) is 4.00. The van der Waals surface area contributed by atoms with Gasteiger partial charge in [-0.05, 0) is 6.42 Å². The molecule has 0 nitrogen and oxygen atoms in total. The third kappa shape index (κ3) is 4.61. The van der Waals surface area contributed by atoms with Gasteiger partial charge in [0.15, 0.2) is 0 Å². The quantitative estimate of drug-likeness (QED) is 0.476. The van der Waals surface area contributed by atoms with Crippen LogP contribution in [0.5, 0.6) is 0 Å². The van der Waals surface area contributed by atoms with Crippen LogP contribution in [0.3, 0.4) is 0 Å². The summed E-state index contributed by atoms with van der Waals surface area (Å²) >= 11 is 0. The smallest absolute Gasteiger partial charge is 0.500 e. The summed E-state index contributed by atoms with van der Waals surface area (Å²) in [7, 11) is 0. The zero-order chi connectivity index (χ0) is 5.66. The van der Waals surface area contributed by atoms with Crippen LogP contribution < -0.4 is 0 Å². The zero-order valence-corrected chi connectivity index (χ0v) is 7.95. The maximum absolute atomic E-state index is 3.21. The van der Waals surface area contributed by atoms with Crippen LogP contribution in [0.25, 0.3) is 0 Å². The van der Waals surface area contributed by atoms with Crippen molar-refractivity contribution in [3.05, 3.63) is 24.3 Å². The molecule has 9 heavy (non-hydrogen) atoms. The van der Waals surface area contributed by atoms with E-state index in [1.165, 1.54) is 19.3 Å². The van der Waals surface area contributed by atoms with Crippen LogP contribution in [0.2, 0.25) is 0 Å². The van der Waals surface area contributed by atoms with Crippen LogP contribution in [-0.4, -0.2) is 0 Å². The van der Waals surface area contributed by atoms with E-state index in [-0.39, 0.29) is 19.8 Å². The maximum atomic E-state index is 3.21. The summed E-state index contributed by atoms with van der Waals surface area (Å²) in [4.78, 5) is 0. The van der Waals surface area contributed by atoms with Gasteiger partial charge in [0.25, 0.3) is 0 Å². The summed E-state index contributed by atoms with van der Waals surface area (Å²) in [6, 6.07) is 0. The molecular formula is C8H11Os. The molecule has 51 valence electrons. The molecule has 0 unspecified atom stereocenters. The summed E-state index contributed by atoms with van der Waals surface area (Å²) in [6.07, 6.45) is 14.5. The summed E-state index contributed by atoms with van der Waals surface area (Å²) in [5, 5.41) is 0. The molecule has 1 aliphatic carbocycles. The van der Waals surface area contributed by atoms with Gasteiger partial charge in [-0.25, -0.2) is 0 Å². The van der Waals surface area contributed by atoms with E-state index in [4.69, 9.17) is 0 Å². The van der Waals surface area contributed by atoms with E-state index in [0.29, 0.717) is 0 Å². The summed E-state index contributed by atoms with van der Waals surface area (Å²) in [5.74, 6) is 0. The van der Waals surface area contributed by atoms with Gasteiger partial charge in [-0.1, -0.05) is 25.0 Å². The average molecular weight is 297 g/mol. The second-order valence-corrected chi connectivity index (χ2v) is 2.00. The Bertz CT molecular complexity index is 77.1. The van der Waals surface area contributed by atoms with Gasteiger partial charge in [0.1, 0.15) is 0 Å². The molecule has 1 rings (SSSR count). The second kappa shape index (κ2) is 6.24. The van der Waals surface area contributed by atoms with Crippen molar-refractivity contribution >= 4 is 0 Å². The molecule has 0 amide bonds. The third-order valence-corrected chi connectivity index (χ3v) is 1.24. The van der Waals surface area contributed by atoms with Gasteiger partial charge in [0, 0.05) is 0 Å². The van der Waals surface area contributed by atoms with E-state index < -0.39 is 0 Å². The number of hydrogen-bond donors (Lipinski definition) is 0. The van der Waals surface area contributed by atoms with Gasteiger partial charge in [-0.15, -0.1) is 0 Å². The van der Waals surface area contributed by atoms with E-state index in [9.17, 15) is 0 Å². The van der Waals surface area contributed by atoms with Crippen LogP contribution in [0, 0.1) is 6.08 Å². The van der Waals surface area contributed by atoms with Crippen molar-refractivity contribution in [2.45, 2.75) is 25.7 Å². The van der Waals surface area contributed by atoms with E-state index in [2.05, 4.69) is 24.3 Å². The molecule has 0 spiro atoms. The van der Waals surface area contributed by atoms with Crippen LogP contribution in [0.15, 0.2) is 18.2 Å². The molecule has 0 aromatic carbocycles. The Hall–Kier alpha value is 0.116. The first-order valence-corrected chi connectivity index (χ1v) is 3.20. The molecule has 0 fully saturated rings. The normalized spacial score (nSPS) is 17.8. The molecule has 0 atom stereocenters. The second-order valence-electron chi connectivity index (χ2n) is 2.00. The molecule has 1 aliphatic rings. The third-order valence-electron chi connectivity index (χ3n) is 1.24. The molecular weight excluding hydrogens is 286 g/mol. The average Bonchev–Trinajstić information content (AvgIpc) is 1.62. The van der Waals surface area contributed by atoms with E-state index in [1.54, 1.807) is 0 Å². The Morgan fingerprint density at radius 2 is 1.78 bits per heavy atom. The Labute approximate surface area is 70.1 Å². The first-order valence-electron chi connectivity index (χ1n) is 3.20. The van der Waals surface area contributed by atoms with Crippen molar-refractivity contribution < 1.29 is 19.8 Å². The van der Waals surface area contributed by atoms with Crippen molar-refractivity contribution in [2.24, 2.45) is 0 Å². The van der Waals surface area contributed by atoms with E-state index in [0.717, 1.165) is 6.42 Å². The van der Waals surface area contributed by atoms with E-state index >= 15 is 0 Å². The SMILES string of the molecule is [C-]1=CCCC=CCC1.[Os+]. The fraction of sp³-hybridized carbons (Fsp3) is 0.500. The first kappa shape index (κ1) is 9.12. The minimum absolute atomic E-state index is 0. The van der Waals surface area contributed by atoms with Gasteiger partial charge in [-0.3, -0.25) is 6.08 Å². The molecule has 1 heteroatoms. The fourth-order valence-electron chi connectivity index (χ4n) is 0.786. The standard InChI is InChI=1S/C8H11.Os/c1-2-4-6-8-7-5-3-1;/h1-2,7H,3-6H2;/q-1;+1. The molecule has 0 aromatic heterocycles. The Kier molecular flexibility index (Phi) is 6.32. The molecule has 0 aliphatic heterocycles. The van der Waals surface area contributed by atoms with Crippen LogP contribution in [-0.2, 0) is 19.8 Å².